The van der Waals surface area contributed by atoms with Gasteiger partial charge >= 0.3 is 0 Å². The summed E-state index contributed by atoms with van der Waals surface area (Å²) in [6.07, 6.45) is 1.58. The highest BCUT2D eigenvalue weighted by atomic mass is 32.2. The number of amides is 3. The third-order valence-corrected chi connectivity index (χ3v) is 4.69. The van der Waals surface area contributed by atoms with Crippen LogP contribution in [-0.4, -0.2) is 28.8 Å². The molecule has 7 nitrogen and oxygen atoms in total. The highest BCUT2D eigenvalue weighted by molar-refractivity contribution is 8.19. The molecule has 1 fully saturated rings. The third kappa shape index (κ3) is 4.17. The number of carbonyl (C=O) groups excluding carboxylic acids is 3. The van der Waals surface area contributed by atoms with Gasteiger partial charge in [-0.25, -0.2) is 4.90 Å². The molecule has 28 heavy (non-hydrogen) atoms. The fraction of sp³-hybridized carbons (Fsp3) is 0.150. The number of thioether (sulfide) groups is 1. The topological polar surface area (TPSA) is 95.9 Å². The summed E-state index contributed by atoms with van der Waals surface area (Å²) < 4.78 is 5.34. The van der Waals surface area contributed by atoms with Gasteiger partial charge in [-0.05, 0) is 66.7 Å². The molecule has 8 heteroatoms. The largest absolute Gasteiger partial charge is 0.504 e. The van der Waals surface area contributed by atoms with Crippen LogP contribution in [0.5, 0.6) is 11.5 Å². The number of hydrogen-bond acceptors (Lipinski definition) is 6. The summed E-state index contributed by atoms with van der Waals surface area (Å²) in [5, 5.41) is 12.0. The van der Waals surface area contributed by atoms with E-state index in [-0.39, 0.29) is 16.6 Å². The van der Waals surface area contributed by atoms with Crippen LogP contribution >= 0.6 is 11.8 Å². The summed E-state index contributed by atoms with van der Waals surface area (Å²) in [5.41, 5.74) is 1.62. The Bertz CT molecular complexity index is 969. The molecular weight excluding hydrogens is 380 g/mol. The van der Waals surface area contributed by atoms with Gasteiger partial charge in [0, 0.05) is 12.6 Å². The molecule has 2 aromatic carbocycles. The first kappa shape index (κ1) is 19.5. The van der Waals surface area contributed by atoms with Crippen molar-refractivity contribution >= 4 is 46.3 Å². The molecule has 0 spiro atoms. The zero-order chi connectivity index (χ0) is 20.3. The molecule has 0 aromatic heterocycles. The molecule has 1 aliphatic heterocycles. The van der Waals surface area contributed by atoms with E-state index in [0.29, 0.717) is 29.3 Å². The molecule has 1 heterocycles. The van der Waals surface area contributed by atoms with Crippen LogP contribution in [0.2, 0.25) is 0 Å². The van der Waals surface area contributed by atoms with Crippen LogP contribution in [0, 0.1) is 0 Å². The molecule has 0 unspecified atom stereocenters. The molecule has 1 aliphatic rings. The molecule has 0 saturated carbocycles. The second-order valence-corrected chi connectivity index (χ2v) is 6.90. The van der Waals surface area contributed by atoms with Crippen molar-refractivity contribution in [2.24, 2.45) is 0 Å². The molecule has 144 valence electrons. The number of benzene rings is 2. The SMILES string of the molecule is CCOc1cc(/C=C2\SC(=O)N(c3ccc(NC(C)=O)cc3)C2=O)ccc1O. The van der Waals surface area contributed by atoms with Gasteiger partial charge in [-0.1, -0.05) is 6.07 Å². The van der Waals surface area contributed by atoms with Crippen molar-refractivity contribution in [2.75, 3.05) is 16.8 Å². The zero-order valence-electron chi connectivity index (χ0n) is 15.3. The molecule has 1 saturated heterocycles. The first-order valence-electron chi connectivity index (χ1n) is 8.50. The van der Waals surface area contributed by atoms with Crippen LogP contribution in [0.25, 0.3) is 6.08 Å². The Hall–Kier alpha value is -3.26. The second kappa shape index (κ2) is 8.18. The third-order valence-electron chi connectivity index (χ3n) is 3.82. The van der Waals surface area contributed by atoms with Gasteiger partial charge < -0.3 is 15.2 Å². The van der Waals surface area contributed by atoms with E-state index in [2.05, 4.69) is 5.32 Å². The summed E-state index contributed by atoms with van der Waals surface area (Å²) in [4.78, 5) is 37.5. The average Bonchev–Trinajstić information content (AvgIpc) is 2.92. The molecule has 0 atom stereocenters. The standard InChI is InChI=1S/C20H18N2O5S/c1-3-27-17-10-13(4-9-16(17)24)11-18-19(25)22(20(26)28-18)15-7-5-14(6-8-15)21-12(2)23/h4-11,24H,3H2,1-2H3,(H,21,23)/b18-11-. The van der Waals surface area contributed by atoms with Crippen molar-refractivity contribution in [1.82, 2.24) is 0 Å². The Kier molecular flexibility index (Phi) is 5.70. The van der Waals surface area contributed by atoms with Crippen molar-refractivity contribution < 1.29 is 24.2 Å². The van der Waals surface area contributed by atoms with Crippen molar-refractivity contribution in [1.29, 1.82) is 0 Å². The van der Waals surface area contributed by atoms with E-state index < -0.39 is 11.1 Å². The smallest absolute Gasteiger partial charge is 0.298 e. The summed E-state index contributed by atoms with van der Waals surface area (Å²) >= 11 is 0.835. The lowest BCUT2D eigenvalue weighted by atomic mass is 10.2. The maximum absolute atomic E-state index is 12.7. The highest BCUT2D eigenvalue weighted by Gasteiger charge is 2.36. The van der Waals surface area contributed by atoms with Crippen molar-refractivity contribution in [3.8, 4) is 11.5 Å². The van der Waals surface area contributed by atoms with Crippen LogP contribution in [-0.2, 0) is 9.59 Å². The summed E-state index contributed by atoms with van der Waals surface area (Å²) in [6, 6.07) is 11.2. The lowest BCUT2D eigenvalue weighted by Crippen LogP contribution is -2.27. The minimum absolute atomic E-state index is 0.00589. The normalized spacial score (nSPS) is 15.2. The molecule has 2 aromatic rings. The summed E-state index contributed by atoms with van der Waals surface area (Å²) in [5.74, 6) is -0.328. The number of imide groups is 1. The maximum atomic E-state index is 12.7. The number of hydrogen-bond donors (Lipinski definition) is 2. The van der Waals surface area contributed by atoms with E-state index in [1.165, 1.54) is 13.0 Å². The van der Waals surface area contributed by atoms with Gasteiger partial charge in [0.25, 0.3) is 11.1 Å². The van der Waals surface area contributed by atoms with Gasteiger partial charge in [-0.3, -0.25) is 14.4 Å². The fourth-order valence-corrected chi connectivity index (χ4v) is 3.47. The van der Waals surface area contributed by atoms with Crippen molar-refractivity contribution in [3.05, 3.63) is 52.9 Å². The van der Waals surface area contributed by atoms with Gasteiger partial charge in [-0.15, -0.1) is 0 Å². The quantitative estimate of drug-likeness (QED) is 0.740. The number of phenols is 1. The lowest BCUT2D eigenvalue weighted by molar-refractivity contribution is -0.114. The summed E-state index contributed by atoms with van der Waals surface area (Å²) in [6.45, 7) is 3.59. The average molecular weight is 398 g/mol. The van der Waals surface area contributed by atoms with Crippen molar-refractivity contribution in [3.63, 3.8) is 0 Å². The number of nitrogens with zero attached hydrogens (tertiary/aromatic N) is 1. The molecule has 2 N–H and O–H groups in total. The van der Waals surface area contributed by atoms with E-state index >= 15 is 0 Å². The van der Waals surface area contributed by atoms with Gasteiger partial charge in [0.05, 0.1) is 17.2 Å². The number of anilines is 2. The van der Waals surface area contributed by atoms with Crippen LogP contribution in [0.15, 0.2) is 47.4 Å². The second-order valence-electron chi connectivity index (χ2n) is 5.91. The molecule has 0 bridgehead atoms. The minimum atomic E-state index is -0.437. The van der Waals surface area contributed by atoms with Gasteiger partial charge in [-0.2, -0.15) is 0 Å². The van der Waals surface area contributed by atoms with Crippen LogP contribution in [0.1, 0.15) is 19.4 Å². The van der Waals surface area contributed by atoms with E-state index in [1.807, 2.05) is 0 Å². The van der Waals surface area contributed by atoms with Gasteiger partial charge in [0.15, 0.2) is 11.5 Å². The number of aromatic hydroxyl groups is 1. The number of phenolic OH excluding ortho intramolecular Hbond substituents is 1. The Balaban J connectivity index is 1.84. The van der Waals surface area contributed by atoms with E-state index in [1.54, 1.807) is 49.4 Å². The van der Waals surface area contributed by atoms with Crippen LogP contribution in [0.4, 0.5) is 16.2 Å². The first-order valence-corrected chi connectivity index (χ1v) is 9.32. The van der Waals surface area contributed by atoms with E-state index in [9.17, 15) is 19.5 Å². The van der Waals surface area contributed by atoms with Gasteiger partial charge in [0.1, 0.15) is 0 Å². The molecule has 3 rings (SSSR count). The minimum Gasteiger partial charge on any atom is -0.504 e. The molecule has 0 aliphatic carbocycles. The number of rotatable bonds is 5. The molecular formula is C20H18N2O5S. The lowest BCUT2D eigenvalue weighted by Gasteiger charge is -2.13. The monoisotopic (exact) mass is 398 g/mol. The van der Waals surface area contributed by atoms with Crippen molar-refractivity contribution in [2.45, 2.75) is 13.8 Å². The zero-order valence-corrected chi connectivity index (χ0v) is 16.1. The Morgan fingerprint density at radius 1 is 1.21 bits per heavy atom. The molecule has 3 amide bonds. The fourth-order valence-electron chi connectivity index (χ4n) is 2.63. The van der Waals surface area contributed by atoms with E-state index in [4.69, 9.17) is 4.74 Å². The van der Waals surface area contributed by atoms with Gasteiger partial charge in [0.2, 0.25) is 5.91 Å². The predicted molar refractivity (Wildman–Crippen MR) is 108 cm³/mol. The van der Waals surface area contributed by atoms with Crippen LogP contribution in [0.3, 0.4) is 0 Å². The Morgan fingerprint density at radius 2 is 1.93 bits per heavy atom. The Morgan fingerprint density at radius 3 is 2.57 bits per heavy atom. The Labute approximate surface area is 166 Å². The summed E-state index contributed by atoms with van der Waals surface area (Å²) in [7, 11) is 0. The highest BCUT2D eigenvalue weighted by Crippen LogP contribution is 2.37. The van der Waals surface area contributed by atoms with Crippen LogP contribution < -0.4 is 15.0 Å². The number of nitrogens with one attached hydrogen (secondary N) is 1. The first-order chi connectivity index (χ1) is 13.4. The number of ether oxygens (including phenoxy) is 1. The molecule has 0 radical (unpaired) electrons. The number of carbonyl (C=O) groups is 3. The predicted octanol–water partition coefficient (Wildman–Crippen LogP) is 3.99. The van der Waals surface area contributed by atoms with E-state index in [0.717, 1.165) is 16.7 Å². The maximum Gasteiger partial charge on any atom is 0.298 e.